The number of aliphatic hydroxyl groups excluding tert-OH is 1. The molecule has 1 aliphatic heterocycles. The van der Waals surface area contributed by atoms with Gasteiger partial charge in [-0.15, -0.1) is 0 Å². The van der Waals surface area contributed by atoms with Crippen LogP contribution in [0.25, 0.3) is 0 Å². The second-order valence-electron chi connectivity index (χ2n) is 7.38. The van der Waals surface area contributed by atoms with E-state index in [-0.39, 0.29) is 18.3 Å². The lowest BCUT2D eigenvalue weighted by Gasteiger charge is -2.20. The molecular weight excluding hydrogens is 427 g/mol. The molecule has 0 saturated carbocycles. The molecule has 0 aromatic heterocycles. The van der Waals surface area contributed by atoms with E-state index in [2.05, 4.69) is 12.2 Å². The van der Waals surface area contributed by atoms with Gasteiger partial charge < -0.3 is 19.9 Å². The molecule has 6 nitrogen and oxygen atoms in total. The average Bonchev–Trinajstić information content (AvgIpc) is 2.91. The second kappa shape index (κ2) is 13.9. The molecule has 8 heteroatoms. The van der Waals surface area contributed by atoms with Crippen LogP contribution in [0.3, 0.4) is 0 Å². The van der Waals surface area contributed by atoms with Crippen LogP contribution in [0, 0.1) is 0 Å². The molecule has 0 fully saturated rings. The maximum absolute atomic E-state index is 12.6. The van der Waals surface area contributed by atoms with Crippen molar-refractivity contribution in [2.75, 3.05) is 46.2 Å². The highest BCUT2D eigenvalue weighted by molar-refractivity contribution is 6.42. The molecule has 2 rings (SSSR count). The quantitative estimate of drug-likeness (QED) is 0.455. The summed E-state index contributed by atoms with van der Waals surface area (Å²) in [6, 6.07) is 5.54. The van der Waals surface area contributed by atoms with Crippen molar-refractivity contribution in [2.45, 2.75) is 39.0 Å². The summed E-state index contributed by atoms with van der Waals surface area (Å²) in [4.78, 5) is 14.6. The van der Waals surface area contributed by atoms with Gasteiger partial charge in [0.2, 0.25) is 0 Å². The van der Waals surface area contributed by atoms with Crippen molar-refractivity contribution in [1.82, 2.24) is 10.2 Å². The van der Waals surface area contributed by atoms with Gasteiger partial charge in [0.15, 0.2) is 0 Å². The minimum absolute atomic E-state index is 0.00122. The van der Waals surface area contributed by atoms with Crippen LogP contribution in [0.15, 0.2) is 29.5 Å². The van der Waals surface area contributed by atoms with Crippen molar-refractivity contribution >= 4 is 29.1 Å². The molecular formula is C22H32Cl2N2O4. The number of carbonyl (C=O) groups excluding carboxylic acids is 1. The smallest absolute Gasteiger partial charge is 0.252 e. The summed E-state index contributed by atoms with van der Waals surface area (Å²) < 4.78 is 11.1. The molecule has 0 atom stereocenters. The first-order chi connectivity index (χ1) is 14.5. The summed E-state index contributed by atoms with van der Waals surface area (Å²) in [5, 5.41) is 14.2. The SMILES string of the molecule is CCCCOCCCN1COCC(O)=C(C(=O)NCCCc2ccc(Cl)c(Cl)c2)C1. The monoisotopic (exact) mass is 458 g/mol. The lowest BCUT2D eigenvalue weighted by atomic mass is 10.1. The molecule has 0 aliphatic carbocycles. The Balaban J connectivity index is 1.74. The zero-order valence-corrected chi connectivity index (χ0v) is 19.1. The van der Waals surface area contributed by atoms with Crippen molar-refractivity contribution in [2.24, 2.45) is 0 Å². The number of halogens is 2. The Hall–Kier alpha value is -1.31. The largest absolute Gasteiger partial charge is 0.509 e. The molecule has 0 saturated heterocycles. The highest BCUT2D eigenvalue weighted by Crippen LogP contribution is 2.23. The number of amides is 1. The van der Waals surface area contributed by atoms with Crippen LogP contribution in [0.5, 0.6) is 0 Å². The van der Waals surface area contributed by atoms with Crippen molar-refractivity contribution in [3.63, 3.8) is 0 Å². The molecule has 1 aromatic rings. The van der Waals surface area contributed by atoms with E-state index < -0.39 is 0 Å². The molecule has 30 heavy (non-hydrogen) atoms. The number of ether oxygens (including phenoxy) is 2. The topological polar surface area (TPSA) is 71.0 Å². The maximum atomic E-state index is 12.6. The number of benzene rings is 1. The molecule has 1 aromatic carbocycles. The average molecular weight is 459 g/mol. The molecule has 0 unspecified atom stereocenters. The molecule has 2 N–H and O–H groups in total. The van der Waals surface area contributed by atoms with Gasteiger partial charge in [0, 0.05) is 32.8 Å². The molecule has 1 amide bonds. The van der Waals surface area contributed by atoms with Crippen LogP contribution in [0.2, 0.25) is 10.0 Å². The first-order valence-electron chi connectivity index (χ1n) is 10.5. The minimum Gasteiger partial charge on any atom is -0.509 e. The Morgan fingerprint density at radius 2 is 2.03 bits per heavy atom. The fourth-order valence-electron chi connectivity index (χ4n) is 3.10. The fourth-order valence-corrected chi connectivity index (χ4v) is 3.42. The molecule has 1 heterocycles. The third kappa shape index (κ3) is 8.82. The molecule has 168 valence electrons. The predicted octanol–water partition coefficient (Wildman–Crippen LogP) is 4.35. The van der Waals surface area contributed by atoms with Gasteiger partial charge in [-0.3, -0.25) is 9.69 Å². The number of hydrogen-bond acceptors (Lipinski definition) is 5. The van der Waals surface area contributed by atoms with Gasteiger partial charge in [0.25, 0.3) is 5.91 Å². The van der Waals surface area contributed by atoms with Crippen molar-refractivity contribution in [3.8, 4) is 0 Å². The minimum atomic E-state index is -0.253. The number of nitrogens with zero attached hydrogens (tertiary/aromatic N) is 1. The van der Waals surface area contributed by atoms with Crippen LogP contribution >= 0.6 is 23.2 Å². The lowest BCUT2D eigenvalue weighted by Crippen LogP contribution is -2.35. The van der Waals surface area contributed by atoms with E-state index in [1.165, 1.54) is 0 Å². The first-order valence-corrected chi connectivity index (χ1v) is 11.3. The van der Waals surface area contributed by atoms with Gasteiger partial charge in [-0.25, -0.2) is 0 Å². The van der Waals surface area contributed by atoms with E-state index in [0.29, 0.717) is 42.0 Å². The van der Waals surface area contributed by atoms with Crippen LogP contribution in [-0.2, 0) is 20.7 Å². The summed E-state index contributed by atoms with van der Waals surface area (Å²) in [6.45, 7) is 5.64. The highest BCUT2D eigenvalue weighted by atomic mass is 35.5. The van der Waals surface area contributed by atoms with E-state index in [1.807, 2.05) is 17.0 Å². The number of aliphatic hydroxyl groups is 1. The summed E-state index contributed by atoms with van der Waals surface area (Å²) >= 11 is 12.0. The number of hydrogen-bond donors (Lipinski definition) is 2. The Morgan fingerprint density at radius 1 is 1.23 bits per heavy atom. The van der Waals surface area contributed by atoms with Crippen LogP contribution in [-0.4, -0.2) is 62.1 Å². The number of unbranched alkanes of at least 4 members (excludes halogenated alkanes) is 1. The Bertz CT molecular complexity index is 712. The number of nitrogens with one attached hydrogen (secondary N) is 1. The Kier molecular flexibility index (Phi) is 11.6. The summed E-state index contributed by atoms with van der Waals surface area (Å²) in [5.74, 6) is -0.255. The normalized spacial score (nSPS) is 15.3. The molecule has 0 spiro atoms. The predicted molar refractivity (Wildman–Crippen MR) is 120 cm³/mol. The lowest BCUT2D eigenvalue weighted by molar-refractivity contribution is -0.117. The zero-order valence-electron chi connectivity index (χ0n) is 17.6. The zero-order chi connectivity index (χ0) is 21.8. The van der Waals surface area contributed by atoms with E-state index in [9.17, 15) is 9.90 Å². The summed E-state index contributed by atoms with van der Waals surface area (Å²) in [5.41, 5.74) is 1.44. The third-order valence-electron chi connectivity index (χ3n) is 4.83. The van der Waals surface area contributed by atoms with Crippen molar-refractivity contribution < 1.29 is 19.4 Å². The van der Waals surface area contributed by atoms with Crippen molar-refractivity contribution in [3.05, 3.63) is 45.1 Å². The highest BCUT2D eigenvalue weighted by Gasteiger charge is 2.22. The van der Waals surface area contributed by atoms with Crippen molar-refractivity contribution in [1.29, 1.82) is 0 Å². The molecule has 1 aliphatic rings. The molecule has 0 bridgehead atoms. The van der Waals surface area contributed by atoms with Gasteiger partial charge in [-0.1, -0.05) is 42.6 Å². The fraction of sp³-hybridized carbons (Fsp3) is 0.591. The Morgan fingerprint density at radius 3 is 2.80 bits per heavy atom. The van der Waals surface area contributed by atoms with Gasteiger partial charge in [-0.2, -0.15) is 0 Å². The second-order valence-corrected chi connectivity index (χ2v) is 8.20. The number of aryl methyl sites for hydroxylation is 1. The molecule has 0 radical (unpaired) electrons. The summed E-state index contributed by atoms with van der Waals surface area (Å²) in [7, 11) is 0. The third-order valence-corrected chi connectivity index (χ3v) is 5.57. The maximum Gasteiger partial charge on any atom is 0.252 e. The van der Waals surface area contributed by atoms with Gasteiger partial charge in [0.1, 0.15) is 12.4 Å². The van der Waals surface area contributed by atoms with Crippen LogP contribution in [0.1, 0.15) is 38.2 Å². The number of rotatable bonds is 12. The Labute approximate surface area is 189 Å². The summed E-state index contributed by atoms with van der Waals surface area (Å²) in [6.07, 6.45) is 4.57. The van der Waals surface area contributed by atoms with Crippen LogP contribution < -0.4 is 5.32 Å². The first kappa shape index (κ1) is 25.0. The van der Waals surface area contributed by atoms with E-state index in [0.717, 1.165) is 50.8 Å². The van der Waals surface area contributed by atoms with E-state index >= 15 is 0 Å². The van der Waals surface area contributed by atoms with Crippen LogP contribution in [0.4, 0.5) is 0 Å². The van der Waals surface area contributed by atoms with Gasteiger partial charge >= 0.3 is 0 Å². The van der Waals surface area contributed by atoms with Gasteiger partial charge in [0.05, 0.1) is 22.3 Å². The van der Waals surface area contributed by atoms with E-state index in [4.69, 9.17) is 32.7 Å². The van der Waals surface area contributed by atoms with E-state index in [1.54, 1.807) is 6.07 Å². The standard InChI is InChI=1S/C22H32Cl2N2O4/c1-2-3-11-29-12-5-10-26-14-18(21(27)15-30-16-26)22(28)25-9-4-6-17-7-8-19(23)20(24)13-17/h7-8,13,27H,2-6,9-12,14-16H2,1H3,(H,25,28). The number of carbonyl (C=O) groups is 1. The van der Waals surface area contributed by atoms with Gasteiger partial charge in [-0.05, 0) is 43.4 Å².